The molecule has 5 nitrogen and oxygen atoms in total. The van der Waals surface area contributed by atoms with E-state index in [4.69, 9.17) is 4.74 Å². The maximum atomic E-state index is 12.7. The molecule has 26 heavy (non-hydrogen) atoms. The number of amides is 1. The average molecular weight is 347 g/mol. The van der Waals surface area contributed by atoms with Gasteiger partial charge in [-0.25, -0.2) is 4.98 Å². The van der Waals surface area contributed by atoms with Gasteiger partial charge in [-0.15, -0.1) is 0 Å². The van der Waals surface area contributed by atoms with Crippen LogP contribution in [0, 0.1) is 13.8 Å². The lowest BCUT2D eigenvalue weighted by Crippen LogP contribution is -2.56. The van der Waals surface area contributed by atoms with Crippen LogP contribution in [0.5, 0.6) is 5.75 Å². The molecule has 1 aliphatic heterocycles. The van der Waals surface area contributed by atoms with E-state index in [0.29, 0.717) is 18.7 Å². The Labute approximate surface area is 152 Å². The number of likely N-dealkylation sites (tertiary alicyclic amines) is 1. The molecule has 1 saturated heterocycles. The number of hydrogen-bond acceptors (Lipinski definition) is 3. The number of nitrogens with zero attached hydrogens (tertiary/aromatic N) is 2. The molecule has 0 atom stereocenters. The molecule has 0 bridgehead atoms. The van der Waals surface area contributed by atoms with E-state index in [1.54, 1.807) is 12.4 Å². The number of carbonyl (C=O) groups excluding carboxylic acids is 1. The highest BCUT2D eigenvalue weighted by Gasteiger charge is 2.33. The molecule has 0 saturated carbocycles. The van der Waals surface area contributed by atoms with Gasteiger partial charge in [-0.1, -0.05) is 30.3 Å². The van der Waals surface area contributed by atoms with E-state index in [1.807, 2.05) is 61.2 Å². The van der Waals surface area contributed by atoms with Gasteiger partial charge in [-0.05, 0) is 37.1 Å². The highest BCUT2D eigenvalue weighted by Crippen LogP contribution is 2.27. The molecular weight excluding hydrogens is 326 g/mol. The Kier molecular flexibility index (Phi) is 4.21. The number of imidazole rings is 1. The Morgan fingerprint density at radius 1 is 1.15 bits per heavy atom. The lowest BCUT2D eigenvalue weighted by molar-refractivity contribution is 0.0173. The SMILES string of the molecule is Cc1cccc(C)c1OC1CN(C(=O)c2cccc(-c3ncc[nH]3)c2)C1. The summed E-state index contributed by atoms with van der Waals surface area (Å²) < 4.78 is 6.10. The minimum atomic E-state index is 0.0276. The number of carbonyl (C=O) groups is 1. The fraction of sp³-hybridized carbons (Fsp3) is 0.238. The van der Waals surface area contributed by atoms with Gasteiger partial charge in [0.05, 0.1) is 13.1 Å². The first-order valence-electron chi connectivity index (χ1n) is 8.74. The summed E-state index contributed by atoms with van der Waals surface area (Å²) >= 11 is 0. The monoisotopic (exact) mass is 347 g/mol. The lowest BCUT2D eigenvalue weighted by Gasteiger charge is -2.39. The molecule has 0 unspecified atom stereocenters. The highest BCUT2D eigenvalue weighted by molar-refractivity contribution is 5.95. The van der Waals surface area contributed by atoms with Crippen molar-refractivity contribution >= 4 is 5.91 Å². The molecule has 132 valence electrons. The summed E-state index contributed by atoms with van der Waals surface area (Å²) in [6.45, 7) is 5.31. The third-order valence-electron chi connectivity index (χ3n) is 4.71. The number of ether oxygens (including phenoxy) is 1. The largest absolute Gasteiger partial charge is 0.486 e. The van der Waals surface area contributed by atoms with E-state index >= 15 is 0 Å². The Balaban J connectivity index is 1.41. The van der Waals surface area contributed by atoms with Gasteiger partial charge in [0.2, 0.25) is 0 Å². The van der Waals surface area contributed by atoms with Crippen LogP contribution in [0.15, 0.2) is 54.9 Å². The van der Waals surface area contributed by atoms with Gasteiger partial charge in [0, 0.05) is 23.5 Å². The highest BCUT2D eigenvalue weighted by atomic mass is 16.5. The molecule has 5 heteroatoms. The van der Waals surface area contributed by atoms with Crippen LogP contribution < -0.4 is 4.74 Å². The zero-order valence-electron chi connectivity index (χ0n) is 14.9. The van der Waals surface area contributed by atoms with Crippen molar-refractivity contribution in [1.82, 2.24) is 14.9 Å². The number of hydrogen-bond donors (Lipinski definition) is 1. The first-order chi connectivity index (χ1) is 12.6. The molecule has 1 N–H and O–H groups in total. The molecule has 4 rings (SSSR count). The molecule has 1 aromatic heterocycles. The van der Waals surface area contributed by atoms with E-state index in [-0.39, 0.29) is 12.0 Å². The topological polar surface area (TPSA) is 58.2 Å². The zero-order chi connectivity index (χ0) is 18.1. The van der Waals surface area contributed by atoms with Gasteiger partial charge in [0.25, 0.3) is 5.91 Å². The van der Waals surface area contributed by atoms with Crippen LogP contribution in [0.4, 0.5) is 0 Å². The molecular formula is C21H21N3O2. The van der Waals surface area contributed by atoms with E-state index in [0.717, 1.165) is 28.3 Å². The third-order valence-corrected chi connectivity index (χ3v) is 4.71. The summed E-state index contributed by atoms with van der Waals surface area (Å²) in [5.74, 6) is 1.73. The molecule has 0 spiro atoms. The number of aryl methyl sites for hydroxylation is 2. The van der Waals surface area contributed by atoms with E-state index in [1.165, 1.54) is 0 Å². The Morgan fingerprint density at radius 2 is 1.88 bits per heavy atom. The predicted octanol–water partition coefficient (Wildman–Crippen LogP) is 3.60. The van der Waals surface area contributed by atoms with Gasteiger partial charge >= 0.3 is 0 Å². The lowest BCUT2D eigenvalue weighted by atomic mass is 10.1. The molecule has 0 aliphatic carbocycles. The number of benzene rings is 2. The van der Waals surface area contributed by atoms with Crippen molar-refractivity contribution in [2.24, 2.45) is 0 Å². The Hall–Kier alpha value is -3.08. The summed E-state index contributed by atoms with van der Waals surface area (Å²) in [5.41, 5.74) is 3.83. The molecule has 2 heterocycles. The van der Waals surface area contributed by atoms with E-state index in [9.17, 15) is 4.79 Å². The predicted molar refractivity (Wildman–Crippen MR) is 100 cm³/mol. The van der Waals surface area contributed by atoms with Gasteiger partial charge in [0.15, 0.2) is 0 Å². The van der Waals surface area contributed by atoms with Crippen molar-refractivity contribution in [3.8, 4) is 17.1 Å². The minimum Gasteiger partial charge on any atom is -0.486 e. The van der Waals surface area contributed by atoms with Gasteiger partial charge in [-0.3, -0.25) is 4.79 Å². The molecule has 1 fully saturated rings. The maximum Gasteiger partial charge on any atom is 0.254 e. The van der Waals surface area contributed by atoms with Gasteiger partial charge in [-0.2, -0.15) is 0 Å². The Morgan fingerprint density at radius 3 is 2.58 bits per heavy atom. The van der Waals surface area contributed by atoms with Crippen LogP contribution in [0.3, 0.4) is 0 Å². The number of aromatic amines is 1. The number of aromatic nitrogens is 2. The van der Waals surface area contributed by atoms with E-state index in [2.05, 4.69) is 9.97 Å². The summed E-state index contributed by atoms with van der Waals surface area (Å²) in [7, 11) is 0. The fourth-order valence-electron chi connectivity index (χ4n) is 3.24. The van der Waals surface area contributed by atoms with Crippen LogP contribution in [-0.2, 0) is 0 Å². The fourth-order valence-corrected chi connectivity index (χ4v) is 3.24. The quantitative estimate of drug-likeness (QED) is 0.784. The number of nitrogens with one attached hydrogen (secondary N) is 1. The summed E-state index contributed by atoms with van der Waals surface area (Å²) in [6, 6.07) is 13.7. The zero-order valence-corrected chi connectivity index (χ0v) is 14.9. The van der Waals surface area contributed by atoms with Gasteiger partial charge in [0.1, 0.15) is 17.7 Å². The molecule has 3 aromatic rings. The smallest absolute Gasteiger partial charge is 0.254 e. The second-order valence-corrected chi connectivity index (χ2v) is 6.69. The molecule has 1 amide bonds. The first kappa shape index (κ1) is 16.4. The normalized spacial score (nSPS) is 14.2. The summed E-state index contributed by atoms with van der Waals surface area (Å²) in [6.07, 6.45) is 3.52. The van der Waals surface area contributed by atoms with Crippen LogP contribution >= 0.6 is 0 Å². The summed E-state index contributed by atoms with van der Waals surface area (Å²) in [4.78, 5) is 21.8. The van der Waals surface area contributed by atoms with Crippen molar-refractivity contribution in [2.75, 3.05) is 13.1 Å². The van der Waals surface area contributed by atoms with Crippen molar-refractivity contribution in [3.05, 3.63) is 71.5 Å². The van der Waals surface area contributed by atoms with Crippen molar-refractivity contribution in [2.45, 2.75) is 20.0 Å². The average Bonchev–Trinajstić information content (AvgIpc) is 3.14. The minimum absolute atomic E-state index is 0.0276. The van der Waals surface area contributed by atoms with Crippen molar-refractivity contribution in [3.63, 3.8) is 0 Å². The van der Waals surface area contributed by atoms with Crippen molar-refractivity contribution < 1.29 is 9.53 Å². The third kappa shape index (κ3) is 3.08. The Bertz CT molecular complexity index is 908. The second-order valence-electron chi connectivity index (χ2n) is 6.69. The molecule has 1 aliphatic rings. The van der Waals surface area contributed by atoms with Crippen LogP contribution in [-0.4, -0.2) is 40.0 Å². The number of H-pyrrole nitrogens is 1. The first-order valence-corrected chi connectivity index (χ1v) is 8.74. The maximum absolute atomic E-state index is 12.7. The van der Waals surface area contributed by atoms with Gasteiger partial charge < -0.3 is 14.6 Å². The summed E-state index contributed by atoms with van der Waals surface area (Å²) in [5, 5.41) is 0. The molecule has 0 radical (unpaired) electrons. The van der Waals surface area contributed by atoms with Crippen LogP contribution in [0.1, 0.15) is 21.5 Å². The second kappa shape index (κ2) is 6.67. The van der Waals surface area contributed by atoms with Crippen LogP contribution in [0.25, 0.3) is 11.4 Å². The standard InChI is InChI=1S/C21H21N3O2/c1-14-5-3-6-15(2)19(14)26-18-12-24(13-18)21(25)17-8-4-7-16(11-17)20-22-9-10-23-20/h3-11,18H,12-13H2,1-2H3,(H,22,23). The number of rotatable bonds is 4. The van der Waals surface area contributed by atoms with Crippen LogP contribution in [0.2, 0.25) is 0 Å². The van der Waals surface area contributed by atoms with Crippen molar-refractivity contribution in [1.29, 1.82) is 0 Å². The molecule has 2 aromatic carbocycles. The number of para-hydroxylation sites is 1. The van der Waals surface area contributed by atoms with E-state index < -0.39 is 0 Å².